The van der Waals surface area contributed by atoms with E-state index in [9.17, 15) is 4.79 Å². The van der Waals surface area contributed by atoms with Gasteiger partial charge in [-0.15, -0.1) is 0 Å². The van der Waals surface area contributed by atoms with Crippen molar-refractivity contribution in [2.45, 2.75) is 19.4 Å². The third-order valence-corrected chi connectivity index (χ3v) is 4.51. The monoisotopic (exact) mass is 318 g/mol. The Morgan fingerprint density at radius 1 is 1.08 bits per heavy atom. The van der Waals surface area contributed by atoms with Crippen LogP contribution in [0.15, 0.2) is 72.2 Å². The number of nitrogens with zero attached hydrogens (tertiary/aromatic N) is 1. The van der Waals surface area contributed by atoms with E-state index in [0.717, 1.165) is 29.2 Å². The molecule has 4 heteroatoms. The summed E-state index contributed by atoms with van der Waals surface area (Å²) in [5, 5.41) is 3.33. The summed E-state index contributed by atoms with van der Waals surface area (Å²) in [4.78, 5) is 17.9. The van der Waals surface area contributed by atoms with Gasteiger partial charge in [0.2, 0.25) is 11.4 Å². The first kappa shape index (κ1) is 14.7. The number of rotatable bonds is 3. The maximum absolute atomic E-state index is 12.5. The highest BCUT2D eigenvalue weighted by Crippen LogP contribution is 2.20. The van der Waals surface area contributed by atoms with Crippen molar-refractivity contribution in [3.8, 4) is 0 Å². The van der Waals surface area contributed by atoms with Gasteiger partial charge >= 0.3 is 0 Å². The van der Waals surface area contributed by atoms with Crippen molar-refractivity contribution in [3.05, 3.63) is 83.3 Å². The zero-order valence-corrected chi connectivity index (χ0v) is 13.6. The number of carbonyl (C=O) groups excluding carboxylic acids is 1. The van der Waals surface area contributed by atoms with Crippen LogP contribution in [0.2, 0.25) is 0 Å². The van der Waals surface area contributed by atoms with E-state index in [2.05, 4.69) is 34.6 Å². The molecule has 4 rings (SSSR count). The lowest BCUT2D eigenvalue weighted by molar-refractivity contribution is -0.406. The zero-order valence-electron chi connectivity index (χ0n) is 13.6. The lowest BCUT2D eigenvalue weighted by Gasteiger charge is -2.20. The summed E-state index contributed by atoms with van der Waals surface area (Å²) in [5.41, 5.74) is 4.45. The van der Waals surface area contributed by atoms with E-state index in [1.807, 2.05) is 48.2 Å². The van der Waals surface area contributed by atoms with E-state index in [4.69, 9.17) is 0 Å². The second kappa shape index (κ2) is 5.96. The fraction of sp³-hybridized carbons (Fsp3) is 0.200. The normalized spacial score (nSPS) is 19.9. The van der Waals surface area contributed by atoms with Gasteiger partial charge in [0.25, 0.3) is 5.91 Å². The largest absolute Gasteiger partial charge is 0.355 e. The Kier molecular flexibility index (Phi) is 3.65. The molecule has 2 aliphatic rings. The second-order valence-electron chi connectivity index (χ2n) is 6.25. The van der Waals surface area contributed by atoms with E-state index in [1.54, 1.807) is 0 Å². The highest BCUT2D eigenvalue weighted by Gasteiger charge is 2.40. The highest BCUT2D eigenvalue weighted by molar-refractivity contribution is 6.01. The van der Waals surface area contributed by atoms with Crippen molar-refractivity contribution in [3.63, 3.8) is 0 Å². The minimum absolute atomic E-state index is 0.130. The number of amides is 1. The number of allylic oxidation sites excluding steroid dienone is 1. The van der Waals surface area contributed by atoms with E-state index < -0.39 is 0 Å². The molecule has 0 radical (unpaired) electrons. The number of fused-ring (bicyclic) bond motifs is 1. The fourth-order valence-electron chi connectivity index (χ4n) is 3.27. The van der Waals surface area contributed by atoms with Crippen molar-refractivity contribution in [1.82, 2.24) is 10.2 Å². The topological polar surface area (TPSA) is 46.3 Å². The maximum Gasteiger partial charge on any atom is 0.251 e. The molecular weight excluding hydrogens is 298 g/mol. The van der Waals surface area contributed by atoms with Crippen LogP contribution < -0.4 is 10.3 Å². The molecule has 2 N–H and O–H groups in total. The van der Waals surface area contributed by atoms with Gasteiger partial charge in [-0.25, -0.2) is 4.99 Å². The van der Waals surface area contributed by atoms with Crippen LogP contribution in [0.1, 0.15) is 18.1 Å². The van der Waals surface area contributed by atoms with Crippen LogP contribution >= 0.6 is 0 Å². The summed E-state index contributed by atoms with van der Waals surface area (Å²) >= 11 is 0. The molecule has 1 unspecified atom stereocenters. The Balaban J connectivity index is 1.75. The molecule has 0 aliphatic carbocycles. The molecule has 1 atom stereocenters. The van der Waals surface area contributed by atoms with E-state index in [-0.39, 0.29) is 11.9 Å². The van der Waals surface area contributed by atoms with Crippen LogP contribution in [0.25, 0.3) is 0 Å². The number of benzene rings is 2. The summed E-state index contributed by atoms with van der Waals surface area (Å²) < 4.78 is 0. The molecule has 2 aromatic carbocycles. The molecule has 24 heavy (non-hydrogen) atoms. The zero-order chi connectivity index (χ0) is 16.5. The van der Waals surface area contributed by atoms with Crippen LogP contribution in [0.4, 0.5) is 0 Å². The van der Waals surface area contributed by atoms with E-state index >= 15 is 0 Å². The van der Waals surface area contributed by atoms with Crippen LogP contribution in [0.3, 0.4) is 0 Å². The lowest BCUT2D eigenvalue weighted by atomic mass is 10.1. The molecule has 2 heterocycles. The summed E-state index contributed by atoms with van der Waals surface area (Å²) in [6.45, 7) is 2.49. The molecule has 0 saturated carbocycles. The minimum Gasteiger partial charge on any atom is -0.355 e. The van der Waals surface area contributed by atoms with Crippen LogP contribution in [0, 0.1) is 0 Å². The predicted octanol–water partition coefficient (Wildman–Crippen LogP) is 0.802. The van der Waals surface area contributed by atoms with Gasteiger partial charge in [-0.3, -0.25) is 9.69 Å². The smallest absolute Gasteiger partial charge is 0.251 e. The van der Waals surface area contributed by atoms with Crippen LogP contribution in [0.5, 0.6) is 0 Å². The summed E-state index contributed by atoms with van der Waals surface area (Å²) in [5.74, 6) is 1.04. The Hall–Kier alpha value is -2.88. The average molecular weight is 318 g/mol. The van der Waals surface area contributed by atoms with Crippen molar-refractivity contribution >= 4 is 11.6 Å². The first-order valence-electron chi connectivity index (χ1n) is 8.25. The van der Waals surface area contributed by atoms with Crippen molar-refractivity contribution in [1.29, 1.82) is 0 Å². The minimum atomic E-state index is -0.178. The molecule has 1 saturated heterocycles. The van der Waals surface area contributed by atoms with Gasteiger partial charge in [0.1, 0.15) is 12.6 Å². The molecular formula is C20H20N3O+. The maximum atomic E-state index is 12.5. The standard InChI is InChI=1S/C20H19N3O/c1-14-20(24)23-13-18(16-10-6-3-7-11-16)22-17(19(23)21-14)12-15-8-4-2-5-9-15/h2-11,14,21H,12-13H2,1H3/p+1. The molecule has 2 aliphatic heterocycles. The number of carbonyl (C=O) groups is 1. The second-order valence-corrected chi connectivity index (χ2v) is 6.25. The molecule has 0 bridgehead atoms. The quantitative estimate of drug-likeness (QED) is 0.879. The molecule has 0 aromatic heterocycles. The number of hydrogen-bond acceptors (Lipinski definition) is 2. The first-order valence-corrected chi connectivity index (χ1v) is 8.25. The highest BCUT2D eigenvalue weighted by atomic mass is 16.2. The van der Waals surface area contributed by atoms with Gasteiger partial charge in [-0.1, -0.05) is 48.5 Å². The average Bonchev–Trinajstić information content (AvgIpc) is 2.92. The summed E-state index contributed by atoms with van der Waals surface area (Å²) in [7, 11) is 0. The van der Waals surface area contributed by atoms with Gasteiger partial charge in [0, 0.05) is 5.56 Å². The number of hydrogen-bond donors (Lipinski definition) is 2. The van der Waals surface area contributed by atoms with Gasteiger partial charge in [-0.05, 0) is 24.6 Å². The molecule has 4 nitrogen and oxygen atoms in total. The van der Waals surface area contributed by atoms with Crippen LogP contribution in [-0.2, 0) is 11.2 Å². The van der Waals surface area contributed by atoms with Crippen molar-refractivity contribution in [2.75, 3.05) is 6.54 Å². The van der Waals surface area contributed by atoms with Gasteiger partial charge in [0.05, 0.1) is 6.42 Å². The van der Waals surface area contributed by atoms with Gasteiger partial charge in [-0.2, -0.15) is 0 Å². The predicted molar refractivity (Wildman–Crippen MR) is 93.0 cm³/mol. The molecule has 2 aromatic rings. The third kappa shape index (κ3) is 2.60. The van der Waals surface area contributed by atoms with Crippen molar-refractivity contribution < 1.29 is 9.79 Å². The van der Waals surface area contributed by atoms with Gasteiger partial charge in [0.15, 0.2) is 5.82 Å². The third-order valence-electron chi connectivity index (χ3n) is 4.51. The Morgan fingerprint density at radius 3 is 2.46 bits per heavy atom. The van der Waals surface area contributed by atoms with E-state index in [1.165, 1.54) is 5.56 Å². The Morgan fingerprint density at radius 2 is 1.75 bits per heavy atom. The molecule has 0 spiro atoms. The summed E-state index contributed by atoms with van der Waals surface area (Å²) in [6.07, 6.45) is 0.760. The molecule has 120 valence electrons. The van der Waals surface area contributed by atoms with E-state index in [0.29, 0.717) is 6.54 Å². The van der Waals surface area contributed by atoms with Crippen molar-refractivity contribution in [2.24, 2.45) is 0 Å². The summed E-state index contributed by atoms with van der Waals surface area (Å²) in [6, 6.07) is 20.3. The Bertz CT molecular complexity index is 824. The van der Waals surface area contributed by atoms with Crippen LogP contribution in [-0.4, -0.2) is 29.1 Å². The van der Waals surface area contributed by atoms with Gasteiger partial charge < -0.3 is 5.32 Å². The fourth-order valence-corrected chi connectivity index (χ4v) is 3.27. The SMILES string of the molecule is CC1NC2=C(Cc3ccccc3)[NH+]=C(c3ccccc3)CN2C1=O. The Labute approximate surface area is 141 Å². The molecule has 1 amide bonds. The number of nitrogens with one attached hydrogen (secondary N) is 2. The lowest BCUT2D eigenvalue weighted by Crippen LogP contribution is -2.76. The first-order chi connectivity index (χ1) is 11.7. The molecule has 1 fully saturated rings.